The molecule has 0 spiro atoms. The molecule has 1 fully saturated rings. The lowest BCUT2D eigenvalue weighted by Gasteiger charge is -2.17. The number of pyridine rings is 1. The van der Waals surface area contributed by atoms with E-state index in [1.165, 1.54) is 6.20 Å². The van der Waals surface area contributed by atoms with Gasteiger partial charge in [-0.1, -0.05) is 0 Å². The van der Waals surface area contributed by atoms with Crippen LogP contribution < -0.4 is 11.3 Å². The van der Waals surface area contributed by atoms with Crippen LogP contribution in [0.2, 0.25) is 0 Å². The molecular formula is C13H20FN3O. The minimum atomic E-state index is -0.308. The summed E-state index contributed by atoms with van der Waals surface area (Å²) >= 11 is 0. The van der Waals surface area contributed by atoms with Crippen molar-refractivity contribution < 1.29 is 9.13 Å². The standard InChI is InChI=1S/C13H20FN3O/c14-12-9-16-7-6-11(12)13(17-15)5-1-3-10-4-2-8-18-10/h6-7,9-10,13,17H,1-5,8,15H2. The largest absolute Gasteiger partial charge is 0.378 e. The van der Waals surface area contributed by atoms with Gasteiger partial charge >= 0.3 is 0 Å². The molecule has 0 aliphatic carbocycles. The SMILES string of the molecule is NNC(CCCC1CCCO1)c1ccncc1F. The fraction of sp³-hybridized carbons (Fsp3) is 0.615. The van der Waals surface area contributed by atoms with E-state index in [1.807, 2.05) is 0 Å². The summed E-state index contributed by atoms with van der Waals surface area (Å²) in [5, 5.41) is 0. The Morgan fingerprint density at radius 3 is 3.17 bits per heavy atom. The van der Waals surface area contributed by atoms with Crippen molar-refractivity contribution in [2.24, 2.45) is 5.84 Å². The smallest absolute Gasteiger partial charge is 0.146 e. The topological polar surface area (TPSA) is 60.2 Å². The number of aromatic nitrogens is 1. The van der Waals surface area contributed by atoms with Crippen molar-refractivity contribution in [3.8, 4) is 0 Å². The molecule has 2 heterocycles. The third-order valence-corrected chi connectivity index (χ3v) is 3.42. The van der Waals surface area contributed by atoms with E-state index >= 15 is 0 Å². The van der Waals surface area contributed by atoms with E-state index in [0.29, 0.717) is 11.7 Å². The lowest BCUT2D eigenvalue weighted by atomic mass is 10.0. The molecule has 1 aromatic heterocycles. The monoisotopic (exact) mass is 253 g/mol. The van der Waals surface area contributed by atoms with Crippen molar-refractivity contribution in [3.63, 3.8) is 0 Å². The van der Waals surface area contributed by atoms with Crippen molar-refractivity contribution in [3.05, 3.63) is 29.8 Å². The zero-order chi connectivity index (χ0) is 12.8. The van der Waals surface area contributed by atoms with Crippen molar-refractivity contribution in [1.29, 1.82) is 0 Å². The summed E-state index contributed by atoms with van der Waals surface area (Å²) in [6, 6.07) is 1.51. The van der Waals surface area contributed by atoms with E-state index in [-0.39, 0.29) is 11.9 Å². The van der Waals surface area contributed by atoms with E-state index in [0.717, 1.165) is 38.7 Å². The highest BCUT2D eigenvalue weighted by Crippen LogP contribution is 2.23. The van der Waals surface area contributed by atoms with Gasteiger partial charge in [0.15, 0.2) is 0 Å². The Labute approximate surface area is 107 Å². The number of nitrogens with one attached hydrogen (secondary N) is 1. The Morgan fingerprint density at radius 1 is 1.61 bits per heavy atom. The van der Waals surface area contributed by atoms with Crippen LogP contribution in [0.15, 0.2) is 18.5 Å². The predicted molar refractivity (Wildman–Crippen MR) is 67.1 cm³/mol. The van der Waals surface area contributed by atoms with Gasteiger partial charge in [0.1, 0.15) is 5.82 Å². The molecule has 3 N–H and O–H groups in total. The first-order valence-electron chi connectivity index (χ1n) is 6.48. The average molecular weight is 253 g/mol. The number of nitrogens with two attached hydrogens (primary N) is 1. The molecule has 0 amide bonds. The van der Waals surface area contributed by atoms with Crippen molar-refractivity contribution >= 4 is 0 Å². The molecule has 1 aromatic rings. The van der Waals surface area contributed by atoms with E-state index in [4.69, 9.17) is 10.6 Å². The highest BCUT2D eigenvalue weighted by molar-refractivity contribution is 5.17. The molecule has 5 heteroatoms. The summed E-state index contributed by atoms with van der Waals surface area (Å²) in [5.74, 6) is 5.19. The highest BCUT2D eigenvalue weighted by Gasteiger charge is 2.18. The van der Waals surface area contributed by atoms with Crippen LogP contribution in [-0.4, -0.2) is 17.7 Å². The van der Waals surface area contributed by atoms with E-state index in [9.17, 15) is 4.39 Å². The molecule has 0 saturated carbocycles. The first-order valence-corrected chi connectivity index (χ1v) is 6.48. The van der Waals surface area contributed by atoms with Gasteiger partial charge in [-0.3, -0.25) is 16.3 Å². The summed E-state index contributed by atoms with van der Waals surface area (Å²) in [5.41, 5.74) is 3.26. The Morgan fingerprint density at radius 2 is 2.50 bits per heavy atom. The minimum Gasteiger partial charge on any atom is -0.378 e. The molecule has 0 bridgehead atoms. The molecule has 2 unspecified atom stereocenters. The van der Waals surface area contributed by atoms with Crippen molar-refractivity contribution in [2.45, 2.75) is 44.2 Å². The maximum atomic E-state index is 13.6. The summed E-state index contributed by atoms with van der Waals surface area (Å²) in [7, 11) is 0. The second-order valence-electron chi connectivity index (χ2n) is 4.68. The maximum Gasteiger partial charge on any atom is 0.146 e. The lowest BCUT2D eigenvalue weighted by molar-refractivity contribution is 0.101. The van der Waals surface area contributed by atoms with Crippen LogP contribution in [0.5, 0.6) is 0 Å². The lowest BCUT2D eigenvalue weighted by Crippen LogP contribution is -2.29. The molecule has 100 valence electrons. The number of ether oxygens (including phenoxy) is 1. The Kier molecular flexibility index (Phi) is 5.04. The fourth-order valence-corrected chi connectivity index (χ4v) is 2.42. The van der Waals surface area contributed by atoms with Gasteiger partial charge in [0.2, 0.25) is 0 Å². The van der Waals surface area contributed by atoms with Gasteiger partial charge in [0.25, 0.3) is 0 Å². The van der Waals surface area contributed by atoms with Gasteiger partial charge in [-0.05, 0) is 38.2 Å². The number of nitrogens with zero attached hydrogens (tertiary/aromatic N) is 1. The zero-order valence-corrected chi connectivity index (χ0v) is 10.4. The maximum absolute atomic E-state index is 13.6. The summed E-state index contributed by atoms with van der Waals surface area (Å²) in [4.78, 5) is 3.74. The van der Waals surface area contributed by atoms with E-state index in [2.05, 4.69) is 10.4 Å². The number of hydrogen-bond donors (Lipinski definition) is 2. The van der Waals surface area contributed by atoms with Gasteiger partial charge in [-0.15, -0.1) is 0 Å². The van der Waals surface area contributed by atoms with Gasteiger partial charge in [0.05, 0.1) is 12.3 Å². The molecule has 18 heavy (non-hydrogen) atoms. The molecule has 0 aromatic carbocycles. The van der Waals surface area contributed by atoms with Gasteiger partial charge in [-0.25, -0.2) is 4.39 Å². The Hall–Kier alpha value is -1.04. The van der Waals surface area contributed by atoms with Crippen LogP contribution in [0, 0.1) is 5.82 Å². The van der Waals surface area contributed by atoms with Crippen LogP contribution in [-0.2, 0) is 4.74 Å². The Balaban J connectivity index is 1.83. The molecule has 1 saturated heterocycles. The third-order valence-electron chi connectivity index (χ3n) is 3.42. The van der Waals surface area contributed by atoms with Crippen molar-refractivity contribution in [2.75, 3.05) is 6.61 Å². The summed E-state index contributed by atoms with van der Waals surface area (Å²) < 4.78 is 19.1. The van der Waals surface area contributed by atoms with Gasteiger partial charge in [-0.2, -0.15) is 0 Å². The van der Waals surface area contributed by atoms with Crippen LogP contribution in [0.4, 0.5) is 4.39 Å². The van der Waals surface area contributed by atoms with E-state index in [1.54, 1.807) is 12.3 Å². The van der Waals surface area contributed by atoms with Crippen LogP contribution in [0.25, 0.3) is 0 Å². The normalized spacial score (nSPS) is 21.1. The fourth-order valence-electron chi connectivity index (χ4n) is 2.42. The highest BCUT2D eigenvalue weighted by atomic mass is 19.1. The van der Waals surface area contributed by atoms with Crippen LogP contribution >= 0.6 is 0 Å². The second kappa shape index (κ2) is 6.78. The first kappa shape index (κ1) is 13.4. The zero-order valence-electron chi connectivity index (χ0n) is 10.4. The van der Waals surface area contributed by atoms with Crippen LogP contribution in [0.1, 0.15) is 43.7 Å². The molecule has 1 aliphatic heterocycles. The predicted octanol–water partition coefficient (Wildman–Crippen LogP) is 2.07. The first-order chi connectivity index (χ1) is 8.81. The molecule has 4 nitrogen and oxygen atoms in total. The molecule has 2 atom stereocenters. The number of hydrogen-bond acceptors (Lipinski definition) is 4. The number of halogens is 1. The third kappa shape index (κ3) is 3.48. The van der Waals surface area contributed by atoms with E-state index < -0.39 is 0 Å². The van der Waals surface area contributed by atoms with Gasteiger partial charge < -0.3 is 4.74 Å². The number of hydrazine groups is 1. The molecular weight excluding hydrogens is 233 g/mol. The summed E-state index contributed by atoms with van der Waals surface area (Å²) in [6.45, 7) is 0.877. The minimum absolute atomic E-state index is 0.158. The van der Waals surface area contributed by atoms with Crippen molar-refractivity contribution in [1.82, 2.24) is 10.4 Å². The summed E-state index contributed by atoms with van der Waals surface area (Å²) in [6.07, 6.45) is 8.28. The number of rotatable bonds is 6. The molecule has 0 radical (unpaired) electrons. The average Bonchev–Trinajstić information content (AvgIpc) is 2.89. The molecule has 1 aliphatic rings. The second-order valence-corrected chi connectivity index (χ2v) is 4.68. The Bertz CT molecular complexity index is 369. The quantitative estimate of drug-likeness (QED) is 0.602. The molecule has 2 rings (SSSR count). The van der Waals surface area contributed by atoms with Gasteiger partial charge in [0, 0.05) is 24.4 Å². The van der Waals surface area contributed by atoms with Crippen LogP contribution in [0.3, 0.4) is 0 Å².